The number of imide groups is 1. The summed E-state index contributed by atoms with van der Waals surface area (Å²) < 4.78 is 0. The molecule has 1 aliphatic heterocycles. The molecule has 0 unspecified atom stereocenters. The summed E-state index contributed by atoms with van der Waals surface area (Å²) in [5.74, 6) is -1.50. The molecule has 8 heteroatoms. The Morgan fingerprint density at radius 2 is 1.00 bits per heavy atom. The molecule has 0 aliphatic carbocycles. The molecule has 2 rings (SSSR count). The molecule has 1 aromatic carbocycles. The van der Waals surface area contributed by atoms with Crippen molar-refractivity contribution in [1.29, 1.82) is 0 Å². The number of benzene rings is 1. The van der Waals surface area contributed by atoms with Gasteiger partial charge in [0.25, 0.3) is 0 Å². The third kappa shape index (κ3) is 2.34. The predicted octanol–water partition coefficient (Wildman–Crippen LogP) is 0.972. The van der Waals surface area contributed by atoms with Crippen LogP contribution in [-0.4, -0.2) is 11.8 Å². The molecule has 3 nitrogen and oxygen atoms in total. The second kappa shape index (κ2) is 5.69. The maximum Gasteiger partial charge on any atom is 1.00 e. The van der Waals surface area contributed by atoms with Gasteiger partial charge in [0.15, 0.2) is 0 Å². The maximum atomic E-state index is 11.3. The molecule has 1 aliphatic rings. The van der Waals surface area contributed by atoms with Crippen molar-refractivity contribution in [1.82, 2.24) is 0 Å². The Balaban J connectivity index is 0.00000128. The minimum atomic E-state index is -0.750. The van der Waals surface area contributed by atoms with Crippen molar-refractivity contribution in [2.75, 3.05) is 0 Å². The Morgan fingerprint density at radius 1 is 0.688 bits per heavy atom. The smallest absolute Gasteiger partial charge is 0.587 e. The fourth-order valence-electron chi connectivity index (χ4n) is 1.24. The van der Waals surface area contributed by atoms with Crippen LogP contribution in [-0.2, 0) is 0 Å². The molecule has 0 fully saturated rings. The second-order valence-electron chi connectivity index (χ2n) is 2.73. The first-order valence-electron chi connectivity index (χ1n) is 3.61. The summed E-state index contributed by atoms with van der Waals surface area (Å²) in [7, 11) is 0. The van der Waals surface area contributed by atoms with E-state index in [1.807, 2.05) is 0 Å². The van der Waals surface area contributed by atoms with Crippen molar-refractivity contribution < 1.29 is 78.5 Å². The Bertz CT molecular complexity index is 472. The van der Waals surface area contributed by atoms with Crippen LogP contribution in [0.1, 0.15) is 20.7 Å². The normalized spacial score (nSPS) is 13.2. The van der Waals surface area contributed by atoms with Crippen LogP contribution in [0.3, 0.4) is 0 Å². The van der Waals surface area contributed by atoms with Gasteiger partial charge in [0.2, 0.25) is 0 Å². The average Bonchev–Trinajstić information content (AvgIpc) is 2.47. The van der Waals surface area contributed by atoms with Gasteiger partial charge in [-0.15, -0.1) is 0 Å². The van der Waals surface area contributed by atoms with Gasteiger partial charge in [0.05, 0.1) is 31.9 Å². The molecule has 0 bridgehead atoms. The van der Waals surface area contributed by atoms with E-state index in [2.05, 4.69) is 5.32 Å². The quantitative estimate of drug-likeness (QED) is 0.359. The minimum absolute atomic E-state index is 0. The van der Waals surface area contributed by atoms with E-state index in [9.17, 15) is 9.59 Å². The maximum absolute atomic E-state index is 11.3. The molecule has 0 spiro atoms. The molecule has 0 saturated heterocycles. The van der Waals surface area contributed by atoms with Gasteiger partial charge in [-0.3, -0.25) is 0 Å². The molecule has 0 aromatic heterocycles. The fraction of sp³-hybridized carbons (Fsp3) is 0. The first kappa shape index (κ1) is 15.6. The molecule has 0 N–H and O–H groups in total. The van der Waals surface area contributed by atoms with E-state index in [4.69, 9.17) is 46.4 Å². The van der Waals surface area contributed by atoms with E-state index in [-0.39, 0.29) is 100 Å². The van der Waals surface area contributed by atoms with Crippen molar-refractivity contribution >= 4 is 58.2 Å². The second-order valence-corrected chi connectivity index (χ2v) is 4.24. The summed E-state index contributed by atoms with van der Waals surface area (Å²) in [5.41, 5.74) is -0.165. The van der Waals surface area contributed by atoms with Crippen LogP contribution < -0.4 is 68.9 Å². The molecular weight excluding hydrogens is 417 g/mol. The van der Waals surface area contributed by atoms with Crippen LogP contribution in [0.5, 0.6) is 0 Å². The van der Waals surface area contributed by atoms with Gasteiger partial charge in [-0.05, 0) is 0 Å². The topological polar surface area (TPSA) is 48.2 Å². The third-order valence-electron chi connectivity index (χ3n) is 1.90. The first-order chi connectivity index (χ1) is 6.95. The van der Waals surface area contributed by atoms with E-state index in [1.165, 1.54) is 0 Å². The van der Waals surface area contributed by atoms with E-state index in [1.54, 1.807) is 0 Å². The molecule has 0 atom stereocenters. The van der Waals surface area contributed by atoms with Crippen LogP contribution >= 0.6 is 46.4 Å². The van der Waals surface area contributed by atoms with Crippen LogP contribution in [0, 0.1) is 0 Å². The van der Waals surface area contributed by atoms with Crippen LogP contribution in [0.2, 0.25) is 20.1 Å². The van der Waals surface area contributed by atoms with Gasteiger partial charge in [-0.2, -0.15) is 0 Å². The summed E-state index contributed by atoms with van der Waals surface area (Å²) in [6, 6.07) is 0. The molecule has 1 heterocycles. The molecule has 2 amide bonds. The van der Waals surface area contributed by atoms with Crippen molar-refractivity contribution in [2.45, 2.75) is 0 Å². The van der Waals surface area contributed by atoms with E-state index in [0.29, 0.717) is 0 Å². The summed E-state index contributed by atoms with van der Waals surface area (Å²) in [6.07, 6.45) is 0. The van der Waals surface area contributed by atoms with Crippen molar-refractivity contribution in [3.8, 4) is 0 Å². The van der Waals surface area contributed by atoms with Gasteiger partial charge in [0.1, 0.15) is 0 Å². The van der Waals surface area contributed by atoms with E-state index < -0.39 is 11.8 Å². The predicted molar refractivity (Wildman–Crippen MR) is 58.5 cm³/mol. The van der Waals surface area contributed by atoms with E-state index >= 15 is 0 Å². The van der Waals surface area contributed by atoms with Gasteiger partial charge in [0, 0.05) is 11.1 Å². The molecular formula is C8Cl4CsNO2. The molecule has 16 heavy (non-hydrogen) atoms. The Kier molecular flexibility index (Phi) is 5.56. The monoisotopic (exact) mass is 415 g/mol. The third-order valence-corrected chi connectivity index (χ3v) is 3.70. The molecule has 0 saturated carbocycles. The summed E-state index contributed by atoms with van der Waals surface area (Å²) in [4.78, 5) is 22.6. The Morgan fingerprint density at radius 3 is 1.31 bits per heavy atom. The van der Waals surface area contributed by atoms with Crippen LogP contribution in [0.4, 0.5) is 0 Å². The number of rotatable bonds is 0. The Hall–Kier alpha value is 1.57. The Labute approximate surface area is 170 Å². The average molecular weight is 417 g/mol. The fourth-order valence-corrected chi connectivity index (χ4v) is 2.25. The molecule has 78 valence electrons. The SMILES string of the molecule is O=C1[N-]C(=O)c2c(Cl)c(Cl)c(Cl)c(Cl)c21.[Cs+]. The molecule has 0 radical (unpaired) electrons. The number of halogens is 4. The number of fused-ring (bicyclic) bond motifs is 1. The zero-order chi connectivity index (χ0) is 11.3. The van der Waals surface area contributed by atoms with Gasteiger partial charge < -0.3 is 14.9 Å². The molecule has 1 aromatic rings. The van der Waals surface area contributed by atoms with E-state index in [0.717, 1.165) is 0 Å². The number of nitrogens with zero attached hydrogens (tertiary/aromatic N) is 1. The number of carbonyl (C=O) groups is 2. The van der Waals surface area contributed by atoms with Crippen molar-refractivity contribution in [3.05, 3.63) is 36.5 Å². The van der Waals surface area contributed by atoms with Gasteiger partial charge >= 0.3 is 68.9 Å². The number of amides is 2. The largest absolute Gasteiger partial charge is 1.00 e. The van der Waals surface area contributed by atoms with Crippen molar-refractivity contribution in [3.63, 3.8) is 0 Å². The van der Waals surface area contributed by atoms with Crippen LogP contribution in [0.25, 0.3) is 5.32 Å². The standard InChI is InChI=1S/C8HCl4NO2.Cs/c9-3-1-2(8(15)13-7(1)14)4(10)6(12)5(3)11;/h(H,13,14,15);/q;+1/p-1. The van der Waals surface area contributed by atoms with Gasteiger partial charge in [-0.1, -0.05) is 46.4 Å². The number of hydrogen-bond donors (Lipinski definition) is 0. The first-order valence-corrected chi connectivity index (χ1v) is 5.12. The zero-order valence-corrected chi connectivity index (χ0v) is 17.1. The minimum Gasteiger partial charge on any atom is -0.587 e. The summed E-state index contributed by atoms with van der Waals surface area (Å²) in [6.45, 7) is 0. The van der Waals surface area contributed by atoms with Crippen molar-refractivity contribution in [2.24, 2.45) is 0 Å². The van der Waals surface area contributed by atoms with Crippen LogP contribution in [0.15, 0.2) is 0 Å². The van der Waals surface area contributed by atoms with Gasteiger partial charge in [-0.25, -0.2) is 0 Å². The zero-order valence-electron chi connectivity index (χ0n) is 7.78. The summed E-state index contributed by atoms with van der Waals surface area (Å²) >= 11 is 23.0. The number of hydrogen-bond acceptors (Lipinski definition) is 2. The number of carbonyl (C=O) groups excluding carboxylic acids is 2. The summed E-state index contributed by atoms with van der Waals surface area (Å²) in [5, 5.41) is 2.89.